The molecule has 1 aromatic rings. The second kappa shape index (κ2) is 33.3. The summed E-state index contributed by atoms with van der Waals surface area (Å²) in [7, 11) is 0. The Morgan fingerprint density at radius 1 is 0.540 bits per heavy atom. The third-order valence-electron chi connectivity index (χ3n) is 9.19. The number of amides is 2. The standard InChI is InChI=1S/C42H72N2O6/c1-3-5-7-9-11-13-15-16-18-20-22-24-29-33-41(47)49-36-38(42(48)50-35-37-30-26-25-27-31-37)44-40(46)34-43-39(45)32-28-23-21-19-17-14-12-10-8-6-4-2/h25-27,30-31,38H,3-24,28-29,32-36H2,1-2H3,(H,43,45)(H,44,46)/t38-/m0/s1. The topological polar surface area (TPSA) is 111 Å². The fourth-order valence-corrected chi connectivity index (χ4v) is 6.00. The lowest BCUT2D eigenvalue weighted by molar-refractivity contribution is -0.154. The number of nitrogens with one attached hydrogen (secondary N) is 2. The molecule has 0 saturated heterocycles. The van der Waals surface area contributed by atoms with Crippen molar-refractivity contribution in [2.24, 2.45) is 0 Å². The van der Waals surface area contributed by atoms with Crippen LogP contribution in [0.15, 0.2) is 30.3 Å². The summed E-state index contributed by atoms with van der Waals surface area (Å²) in [6.45, 7) is 3.95. The summed E-state index contributed by atoms with van der Waals surface area (Å²) in [5, 5.41) is 5.23. The number of carbonyl (C=O) groups excluding carboxylic acids is 4. The van der Waals surface area contributed by atoms with E-state index in [1.807, 2.05) is 30.3 Å². The molecule has 1 atom stereocenters. The number of unbranched alkanes of at least 4 members (excludes halogenated alkanes) is 22. The normalized spacial score (nSPS) is 11.6. The minimum Gasteiger partial charge on any atom is -0.463 e. The summed E-state index contributed by atoms with van der Waals surface area (Å²) in [4.78, 5) is 50.3. The van der Waals surface area contributed by atoms with Crippen LogP contribution < -0.4 is 10.6 Å². The van der Waals surface area contributed by atoms with Gasteiger partial charge >= 0.3 is 11.9 Å². The highest BCUT2D eigenvalue weighted by Gasteiger charge is 2.24. The Balaban J connectivity index is 2.30. The Hall–Kier alpha value is -2.90. The molecule has 2 amide bonds. The van der Waals surface area contributed by atoms with Crippen LogP contribution in [0.1, 0.15) is 186 Å². The molecule has 8 nitrogen and oxygen atoms in total. The van der Waals surface area contributed by atoms with E-state index in [-0.39, 0.29) is 32.1 Å². The maximum absolute atomic E-state index is 12.9. The van der Waals surface area contributed by atoms with Crippen LogP contribution in [0.25, 0.3) is 0 Å². The van der Waals surface area contributed by atoms with Crippen LogP contribution in [0.5, 0.6) is 0 Å². The Kier molecular flexibility index (Phi) is 30.0. The summed E-state index contributed by atoms with van der Waals surface area (Å²) >= 11 is 0. The Morgan fingerprint density at radius 2 is 0.980 bits per heavy atom. The number of esters is 2. The van der Waals surface area contributed by atoms with Crippen molar-refractivity contribution in [3.05, 3.63) is 35.9 Å². The fourth-order valence-electron chi connectivity index (χ4n) is 6.00. The highest BCUT2D eigenvalue weighted by Crippen LogP contribution is 2.14. The summed E-state index contributed by atoms with van der Waals surface area (Å²) in [5.74, 6) is -1.82. The molecule has 0 aliphatic carbocycles. The van der Waals surface area contributed by atoms with E-state index in [0.29, 0.717) is 6.42 Å². The van der Waals surface area contributed by atoms with Gasteiger partial charge in [-0.3, -0.25) is 14.4 Å². The number of rotatable bonds is 34. The maximum Gasteiger partial charge on any atom is 0.332 e. The van der Waals surface area contributed by atoms with Crippen molar-refractivity contribution in [3.63, 3.8) is 0 Å². The summed E-state index contributed by atoms with van der Waals surface area (Å²) in [6.07, 6.45) is 29.8. The second-order valence-electron chi connectivity index (χ2n) is 14.0. The van der Waals surface area contributed by atoms with Crippen LogP contribution in [-0.2, 0) is 35.3 Å². The molecule has 0 aliphatic rings. The van der Waals surface area contributed by atoms with Gasteiger partial charge < -0.3 is 20.1 Å². The van der Waals surface area contributed by atoms with Crippen molar-refractivity contribution in [2.45, 2.75) is 193 Å². The van der Waals surface area contributed by atoms with Crippen molar-refractivity contribution in [2.75, 3.05) is 13.2 Å². The summed E-state index contributed by atoms with van der Waals surface area (Å²) in [6, 6.07) is 8.07. The van der Waals surface area contributed by atoms with Crippen LogP contribution in [0.3, 0.4) is 0 Å². The molecule has 0 fully saturated rings. The SMILES string of the molecule is CCCCCCCCCCCCCCCC(=O)OC[C@H](NC(=O)CNC(=O)CCCCCCCCCCCCC)C(=O)OCc1ccccc1. The predicted octanol–water partition coefficient (Wildman–Crippen LogP) is 10.1. The highest BCUT2D eigenvalue weighted by molar-refractivity contribution is 5.88. The summed E-state index contributed by atoms with van der Waals surface area (Å²) in [5.41, 5.74) is 0.806. The van der Waals surface area contributed by atoms with E-state index in [1.165, 1.54) is 116 Å². The number of ether oxygens (including phenoxy) is 2. The van der Waals surface area contributed by atoms with Gasteiger partial charge in [0.25, 0.3) is 0 Å². The Bertz CT molecular complexity index is 986. The molecule has 0 radical (unpaired) electrons. The zero-order valence-corrected chi connectivity index (χ0v) is 31.9. The minimum absolute atomic E-state index is 0.0364. The third kappa shape index (κ3) is 27.9. The molecular weight excluding hydrogens is 628 g/mol. The molecule has 2 N–H and O–H groups in total. The zero-order valence-electron chi connectivity index (χ0n) is 31.9. The Morgan fingerprint density at radius 3 is 1.46 bits per heavy atom. The van der Waals surface area contributed by atoms with Crippen molar-refractivity contribution < 1.29 is 28.7 Å². The average Bonchev–Trinajstić information content (AvgIpc) is 3.12. The quantitative estimate of drug-likeness (QED) is 0.0547. The van der Waals surface area contributed by atoms with Crippen molar-refractivity contribution in [1.29, 1.82) is 0 Å². The van der Waals surface area contributed by atoms with Crippen LogP contribution in [0, 0.1) is 0 Å². The van der Waals surface area contributed by atoms with Gasteiger partial charge in [0.05, 0.1) is 6.54 Å². The van der Waals surface area contributed by atoms with Gasteiger partial charge in [0.1, 0.15) is 13.2 Å². The van der Waals surface area contributed by atoms with Gasteiger partial charge in [0, 0.05) is 12.8 Å². The monoisotopic (exact) mass is 701 g/mol. The lowest BCUT2D eigenvalue weighted by atomic mass is 10.0. The van der Waals surface area contributed by atoms with Gasteiger partial charge in [-0.15, -0.1) is 0 Å². The molecular formula is C42H72N2O6. The van der Waals surface area contributed by atoms with Crippen molar-refractivity contribution >= 4 is 23.8 Å². The van der Waals surface area contributed by atoms with E-state index in [9.17, 15) is 19.2 Å². The molecule has 1 aromatic carbocycles. The van der Waals surface area contributed by atoms with Crippen molar-refractivity contribution in [3.8, 4) is 0 Å². The number of hydrogen-bond acceptors (Lipinski definition) is 6. The smallest absolute Gasteiger partial charge is 0.332 e. The van der Waals surface area contributed by atoms with Crippen LogP contribution in [0.4, 0.5) is 0 Å². The fraction of sp³-hybridized carbons (Fsp3) is 0.762. The van der Waals surface area contributed by atoms with Gasteiger partial charge in [0.15, 0.2) is 6.04 Å². The first-order valence-electron chi connectivity index (χ1n) is 20.4. The molecule has 0 aliphatic heterocycles. The average molecular weight is 701 g/mol. The molecule has 0 saturated carbocycles. The molecule has 0 unspecified atom stereocenters. The number of hydrogen-bond donors (Lipinski definition) is 2. The lowest BCUT2D eigenvalue weighted by Gasteiger charge is -2.18. The van der Waals surface area contributed by atoms with Crippen LogP contribution in [0.2, 0.25) is 0 Å². The molecule has 50 heavy (non-hydrogen) atoms. The molecule has 0 aromatic heterocycles. The molecule has 286 valence electrons. The van der Waals surface area contributed by atoms with E-state index < -0.39 is 23.9 Å². The lowest BCUT2D eigenvalue weighted by Crippen LogP contribution is -2.48. The molecule has 0 bridgehead atoms. The van der Waals surface area contributed by atoms with E-state index >= 15 is 0 Å². The van der Waals surface area contributed by atoms with E-state index in [2.05, 4.69) is 24.5 Å². The van der Waals surface area contributed by atoms with Gasteiger partial charge in [-0.2, -0.15) is 0 Å². The largest absolute Gasteiger partial charge is 0.463 e. The third-order valence-corrected chi connectivity index (χ3v) is 9.19. The Labute approximate surface area is 305 Å². The van der Waals surface area contributed by atoms with Gasteiger partial charge in [-0.1, -0.05) is 185 Å². The number of benzene rings is 1. The van der Waals surface area contributed by atoms with E-state index in [4.69, 9.17) is 9.47 Å². The minimum atomic E-state index is -1.16. The second-order valence-corrected chi connectivity index (χ2v) is 14.0. The van der Waals surface area contributed by atoms with Crippen molar-refractivity contribution in [1.82, 2.24) is 10.6 Å². The first kappa shape index (κ1) is 45.1. The first-order valence-corrected chi connectivity index (χ1v) is 20.4. The molecule has 0 heterocycles. The zero-order chi connectivity index (χ0) is 36.3. The summed E-state index contributed by atoms with van der Waals surface area (Å²) < 4.78 is 10.8. The molecule has 0 spiro atoms. The van der Waals surface area contributed by atoms with E-state index in [1.54, 1.807) is 0 Å². The molecule has 1 rings (SSSR count). The molecule has 8 heteroatoms. The van der Waals surface area contributed by atoms with Crippen LogP contribution >= 0.6 is 0 Å². The highest BCUT2D eigenvalue weighted by atomic mass is 16.6. The van der Waals surface area contributed by atoms with Crippen LogP contribution in [-0.4, -0.2) is 42.9 Å². The van der Waals surface area contributed by atoms with E-state index in [0.717, 1.165) is 44.1 Å². The first-order chi connectivity index (χ1) is 24.5. The van der Waals surface area contributed by atoms with Gasteiger partial charge in [0.2, 0.25) is 11.8 Å². The number of carbonyl (C=O) groups is 4. The van der Waals surface area contributed by atoms with Gasteiger partial charge in [-0.05, 0) is 18.4 Å². The maximum atomic E-state index is 12.9. The van der Waals surface area contributed by atoms with Gasteiger partial charge in [-0.25, -0.2) is 4.79 Å². The predicted molar refractivity (Wildman–Crippen MR) is 204 cm³/mol.